The van der Waals surface area contributed by atoms with Crippen molar-refractivity contribution in [2.24, 2.45) is 0 Å². The molecule has 0 unspecified atom stereocenters. The minimum absolute atomic E-state index is 0.731. The zero-order valence-electron chi connectivity index (χ0n) is 9.45. The summed E-state index contributed by atoms with van der Waals surface area (Å²) >= 11 is 0. The van der Waals surface area contributed by atoms with Crippen LogP contribution in [0.3, 0.4) is 0 Å². The summed E-state index contributed by atoms with van der Waals surface area (Å²) in [5, 5.41) is 3.05. The van der Waals surface area contributed by atoms with E-state index in [9.17, 15) is 0 Å². The van der Waals surface area contributed by atoms with Crippen LogP contribution in [-0.2, 0) is 6.54 Å². The van der Waals surface area contributed by atoms with E-state index in [1.165, 1.54) is 0 Å². The van der Waals surface area contributed by atoms with Gasteiger partial charge in [0.15, 0.2) is 0 Å². The van der Waals surface area contributed by atoms with Gasteiger partial charge < -0.3 is 15.0 Å². The van der Waals surface area contributed by atoms with Gasteiger partial charge in [0.2, 0.25) is 0 Å². The summed E-state index contributed by atoms with van der Waals surface area (Å²) in [4.78, 5) is 7.54. The molecule has 0 fully saturated rings. The van der Waals surface area contributed by atoms with Gasteiger partial charge >= 0.3 is 0 Å². The Morgan fingerprint density at radius 1 is 1.38 bits per heavy atom. The molecule has 0 aliphatic carbocycles. The fourth-order valence-electron chi connectivity index (χ4n) is 1.62. The smallest absolute Gasteiger partial charge is 0.128 e. The average Bonchev–Trinajstić information content (AvgIpc) is 2.78. The highest BCUT2D eigenvalue weighted by molar-refractivity contribution is 5.66. The molecule has 16 heavy (non-hydrogen) atoms. The number of ether oxygens (including phenoxy) is 1. The highest BCUT2D eigenvalue weighted by Gasteiger charge is 2.07. The highest BCUT2D eigenvalue weighted by Crippen LogP contribution is 2.27. The molecule has 0 amide bonds. The molecule has 0 radical (unpaired) electrons. The van der Waals surface area contributed by atoms with Gasteiger partial charge in [-0.25, -0.2) is 4.98 Å². The van der Waals surface area contributed by atoms with Crippen LogP contribution < -0.4 is 10.1 Å². The van der Waals surface area contributed by atoms with Crippen molar-refractivity contribution >= 4 is 0 Å². The molecule has 1 heterocycles. The van der Waals surface area contributed by atoms with Crippen molar-refractivity contribution in [2.45, 2.75) is 6.54 Å². The number of para-hydroxylation sites is 1. The Morgan fingerprint density at radius 3 is 2.94 bits per heavy atom. The lowest BCUT2D eigenvalue weighted by molar-refractivity contribution is 0.416. The molecule has 0 aliphatic rings. The molecule has 0 spiro atoms. The molecule has 2 rings (SSSR count). The third-order valence-corrected chi connectivity index (χ3v) is 2.37. The van der Waals surface area contributed by atoms with Crippen LogP contribution in [0.4, 0.5) is 0 Å². The van der Waals surface area contributed by atoms with Gasteiger partial charge in [0.1, 0.15) is 11.6 Å². The molecular formula is C12H15N3O. The van der Waals surface area contributed by atoms with Crippen molar-refractivity contribution in [1.29, 1.82) is 0 Å². The number of aromatic amines is 1. The predicted molar refractivity (Wildman–Crippen MR) is 63.3 cm³/mol. The minimum atomic E-state index is 0.731. The Morgan fingerprint density at radius 2 is 2.19 bits per heavy atom. The topological polar surface area (TPSA) is 49.9 Å². The van der Waals surface area contributed by atoms with Gasteiger partial charge in [0.05, 0.1) is 25.5 Å². The average molecular weight is 217 g/mol. The molecule has 1 aromatic heterocycles. The second kappa shape index (κ2) is 4.81. The van der Waals surface area contributed by atoms with Gasteiger partial charge in [-0.1, -0.05) is 12.1 Å². The number of rotatable bonds is 4. The molecular weight excluding hydrogens is 202 g/mol. The van der Waals surface area contributed by atoms with E-state index >= 15 is 0 Å². The van der Waals surface area contributed by atoms with Crippen LogP contribution in [0.25, 0.3) is 11.3 Å². The Labute approximate surface area is 94.7 Å². The number of aromatic nitrogens is 2. The van der Waals surface area contributed by atoms with E-state index < -0.39 is 0 Å². The normalized spacial score (nSPS) is 10.4. The Balaban J connectivity index is 2.34. The van der Waals surface area contributed by atoms with Crippen molar-refractivity contribution in [1.82, 2.24) is 15.3 Å². The first-order chi connectivity index (χ1) is 7.85. The predicted octanol–water partition coefficient (Wildman–Crippen LogP) is 1.80. The molecule has 0 saturated carbocycles. The quantitative estimate of drug-likeness (QED) is 0.821. The first-order valence-electron chi connectivity index (χ1n) is 5.17. The van der Waals surface area contributed by atoms with Crippen LogP contribution >= 0.6 is 0 Å². The number of hydrogen-bond acceptors (Lipinski definition) is 3. The van der Waals surface area contributed by atoms with E-state index in [0.717, 1.165) is 29.4 Å². The Hall–Kier alpha value is -1.81. The van der Waals surface area contributed by atoms with Gasteiger partial charge in [0.25, 0.3) is 0 Å². The highest BCUT2D eigenvalue weighted by atomic mass is 16.5. The van der Waals surface area contributed by atoms with Crippen LogP contribution in [0.1, 0.15) is 5.82 Å². The van der Waals surface area contributed by atoms with E-state index in [2.05, 4.69) is 15.3 Å². The summed E-state index contributed by atoms with van der Waals surface area (Å²) in [6, 6.07) is 7.88. The van der Waals surface area contributed by atoms with Gasteiger partial charge in [-0.15, -0.1) is 0 Å². The van der Waals surface area contributed by atoms with Crippen molar-refractivity contribution in [2.75, 3.05) is 14.2 Å². The van der Waals surface area contributed by atoms with Gasteiger partial charge in [-0.05, 0) is 19.2 Å². The van der Waals surface area contributed by atoms with Crippen molar-refractivity contribution < 1.29 is 4.74 Å². The lowest BCUT2D eigenvalue weighted by atomic mass is 10.1. The van der Waals surface area contributed by atoms with E-state index in [0.29, 0.717) is 0 Å². The maximum absolute atomic E-state index is 5.31. The summed E-state index contributed by atoms with van der Waals surface area (Å²) in [5.74, 6) is 1.77. The molecule has 4 nitrogen and oxygen atoms in total. The van der Waals surface area contributed by atoms with E-state index in [-0.39, 0.29) is 0 Å². The molecule has 2 aromatic rings. The maximum atomic E-state index is 5.31. The maximum Gasteiger partial charge on any atom is 0.128 e. The van der Waals surface area contributed by atoms with Gasteiger partial charge in [0, 0.05) is 5.56 Å². The standard InChI is InChI=1S/C12H15N3O/c1-13-8-12-14-7-10(15-12)9-5-3-4-6-11(9)16-2/h3-7,13H,8H2,1-2H3,(H,14,15). The Kier molecular flexibility index (Phi) is 3.22. The summed E-state index contributed by atoms with van der Waals surface area (Å²) in [5.41, 5.74) is 2.00. The Bertz CT molecular complexity index is 465. The number of hydrogen-bond donors (Lipinski definition) is 2. The summed E-state index contributed by atoms with van der Waals surface area (Å²) < 4.78 is 5.31. The number of benzene rings is 1. The SMILES string of the molecule is CNCc1ncc(-c2ccccc2OC)[nH]1. The molecule has 4 heteroatoms. The van der Waals surface area contributed by atoms with Gasteiger partial charge in [-0.2, -0.15) is 0 Å². The second-order valence-electron chi connectivity index (χ2n) is 3.47. The lowest BCUT2D eigenvalue weighted by Crippen LogP contribution is -2.06. The van der Waals surface area contributed by atoms with Crippen LogP contribution in [-0.4, -0.2) is 24.1 Å². The van der Waals surface area contributed by atoms with E-state index in [4.69, 9.17) is 4.74 Å². The number of imidazole rings is 1. The van der Waals surface area contributed by atoms with Crippen LogP contribution in [0, 0.1) is 0 Å². The van der Waals surface area contributed by atoms with Crippen LogP contribution in [0.5, 0.6) is 5.75 Å². The minimum Gasteiger partial charge on any atom is -0.496 e. The van der Waals surface area contributed by atoms with E-state index in [1.807, 2.05) is 37.5 Å². The lowest BCUT2D eigenvalue weighted by Gasteiger charge is -2.05. The molecule has 1 aromatic carbocycles. The third-order valence-electron chi connectivity index (χ3n) is 2.37. The first-order valence-corrected chi connectivity index (χ1v) is 5.17. The monoisotopic (exact) mass is 217 g/mol. The molecule has 2 N–H and O–H groups in total. The molecule has 0 bridgehead atoms. The number of methoxy groups -OCH3 is 1. The second-order valence-corrected chi connectivity index (χ2v) is 3.47. The van der Waals surface area contributed by atoms with Gasteiger partial charge in [-0.3, -0.25) is 0 Å². The summed E-state index contributed by atoms with van der Waals surface area (Å²) in [6.45, 7) is 0.731. The van der Waals surface area contributed by atoms with Crippen LogP contribution in [0.2, 0.25) is 0 Å². The summed E-state index contributed by atoms with van der Waals surface area (Å²) in [6.07, 6.45) is 1.82. The zero-order valence-corrected chi connectivity index (χ0v) is 9.45. The molecule has 0 saturated heterocycles. The fourth-order valence-corrected chi connectivity index (χ4v) is 1.62. The number of nitrogens with zero attached hydrogens (tertiary/aromatic N) is 1. The first kappa shape index (κ1) is 10.7. The number of H-pyrrole nitrogens is 1. The van der Waals surface area contributed by atoms with Crippen molar-refractivity contribution in [3.8, 4) is 17.0 Å². The largest absolute Gasteiger partial charge is 0.496 e. The van der Waals surface area contributed by atoms with Crippen LogP contribution in [0.15, 0.2) is 30.5 Å². The fraction of sp³-hybridized carbons (Fsp3) is 0.250. The zero-order chi connectivity index (χ0) is 11.4. The number of nitrogens with one attached hydrogen (secondary N) is 2. The van der Waals surface area contributed by atoms with E-state index in [1.54, 1.807) is 7.11 Å². The van der Waals surface area contributed by atoms with Crippen molar-refractivity contribution in [3.05, 3.63) is 36.3 Å². The molecule has 0 atom stereocenters. The van der Waals surface area contributed by atoms with Crippen molar-refractivity contribution in [3.63, 3.8) is 0 Å². The third kappa shape index (κ3) is 2.06. The summed E-state index contributed by atoms with van der Waals surface area (Å²) in [7, 11) is 3.56. The molecule has 0 aliphatic heterocycles. The molecule has 84 valence electrons.